The van der Waals surface area contributed by atoms with Gasteiger partial charge in [-0.05, 0) is 232 Å². The summed E-state index contributed by atoms with van der Waals surface area (Å²) in [5, 5.41) is 45.9. The number of nitrogens with zero attached hydrogens (tertiary/aromatic N) is 1. The monoisotopic (exact) mass is 2140 g/mol. The molecule has 0 saturated heterocycles. The van der Waals surface area contributed by atoms with E-state index >= 15 is 0 Å². The number of hydrogen-bond acceptors (Lipinski definition) is 37. The van der Waals surface area contributed by atoms with Gasteiger partial charge in [-0.15, -0.1) is 0 Å². The molecule has 0 fully saturated rings. The van der Waals surface area contributed by atoms with Crippen molar-refractivity contribution in [1.29, 1.82) is 0 Å². The lowest BCUT2D eigenvalue weighted by atomic mass is 10.1. The highest BCUT2D eigenvalue weighted by molar-refractivity contribution is 5.89. The molecule has 0 aliphatic rings. The van der Waals surface area contributed by atoms with Crippen LogP contribution in [0.3, 0.4) is 0 Å². The molecule has 0 aromatic carbocycles. The number of aryl methyl sites for hydroxylation is 1. The highest BCUT2D eigenvalue weighted by Crippen LogP contribution is 2.10. The van der Waals surface area contributed by atoms with Gasteiger partial charge < -0.3 is 194 Å². The number of primary amides is 1. The minimum Gasteiger partial charge on any atom is -0.368 e. The molecule has 54 N–H and O–H groups in total. The molecule has 17 atom stereocenters. The number of hydrogen-bond donors (Lipinski definition) is 36. The smallest absolute Gasteiger partial charge is 0.328 e. The summed E-state index contributed by atoms with van der Waals surface area (Å²) in [7, 11) is 0. The van der Waals surface area contributed by atoms with Crippen LogP contribution >= 0.6 is 0 Å². The molecule has 18 amide bonds. The highest BCUT2D eigenvalue weighted by atomic mass is 16.2. The van der Waals surface area contributed by atoms with Crippen molar-refractivity contribution in [3.8, 4) is 0 Å². The Bertz CT molecular complexity index is 4260. The Morgan fingerprint density at radius 1 is 0.207 bits per heavy atom. The minimum absolute atomic E-state index is 0.0821. The van der Waals surface area contributed by atoms with Gasteiger partial charge in [0.15, 0.2) is 0 Å². The minimum atomic E-state index is -0.932. The third-order valence-corrected chi connectivity index (χ3v) is 24.5. The van der Waals surface area contributed by atoms with Gasteiger partial charge in [-0.1, -0.05) is 0 Å². The van der Waals surface area contributed by atoms with Crippen LogP contribution in [0.5, 0.6) is 0 Å². The van der Waals surface area contributed by atoms with Gasteiger partial charge in [0.2, 0.25) is 106 Å². The largest absolute Gasteiger partial charge is 0.368 e. The highest BCUT2D eigenvalue weighted by Gasteiger charge is 2.27. The summed E-state index contributed by atoms with van der Waals surface area (Å²) >= 11 is 0. The molecule has 0 radical (unpaired) electrons. The zero-order valence-electron chi connectivity index (χ0n) is 87.4. The molecule has 858 valence electrons. The Balaban J connectivity index is 2.08. The lowest BCUT2D eigenvalue weighted by Crippen LogP contribution is -2.46. The number of aromatic nitrogens is 2. The number of amides is 18. The second-order valence-corrected chi connectivity index (χ2v) is 37.7. The summed E-state index contributed by atoms with van der Waals surface area (Å²) in [6.45, 7) is 4.54. The topological polar surface area (TPSA) is 1030 Å². The maximum atomic E-state index is 12.7. The fraction of sp³-hybridized carbons (Fsp3) is 0.763. The number of nitrogens with one attached hydrogen (secondary N) is 18. The van der Waals surface area contributed by atoms with Crippen LogP contribution in [0, 0.1) is 6.92 Å². The fourth-order valence-corrected chi connectivity index (χ4v) is 14.4. The van der Waals surface area contributed by atoms with Gasteiger partial charge in [0.25, 0.3) is 5.56 Å². The molecule has 0 bridgehead atoms. The zero-order chi connectivity index (χ0) is 112. The number of carbonyl (C=O) groups excluding carboxylic acids is 18. The molecule has 1 aromatic heterocycles. The number of aromatic amines is 1. The van der Waals surface area contributed by atoms with E-state index in [-0.39, 0.29) is 169 Å². The van der Waals surface area contributed by atoms with Crippen molar-refractivity contribution in [1.82, 2.24) is 99.9 Å². The Hall–Kier alpha value is -11.5. The van der Waals surface area contributed by atoms with E-state index in [2.05, 4.69) is 95.4 Å². The van der Waals surface area contributed by atoms with Crippen LogP contribution in [-0.2, 0) is 92.8 Å². The van der Waals surface area contributed by atoms with Gasteiger partial charge in [-0.25, -0.2) is 4.79 Å². The van der Waals surface area contributed by atoms with Gasteiger partial charge >= 0.3 is 5.69 Å². The first-order valence-electron chi connectivity index (χ1n) is 52.3. The van der Waals surface area contributed by atoms with Gasteiger partial charge in [-0.2, -0.15) is 0 Å². The molecule has 57 heteroatoms. The van der Waals surface area contributed by atoms with E-state index in [4.69, 9.17) is 103 Å². The molecule has 0 saturated carbocycles. The Morgan fingerprint density at radius 3 is 0.493 bits per heavy atom. The van der Waals surface area contributed by atoms with Gasteiger partial charge in [0.1, 0.15) is 6.54 Å². The van der Waals surface area contributed by atoms with E-state index in [9.17, 15) is 95.9 Å². The first-order valence-corrected chi connectivity index (χ1v) is 52.3. The molecule has 1 aromatic rings. The molecular formula is C93H181N37O20. The predicted molar refractivity (Wildman–Crippen MR) is 564 cm³/mol. The number of rotatable bonds is 88. The Labute approximate surface area is 876 Å². The predicted octanol–water partition coefficient (Wildman–Crippen LogP) is -14.5. The Kier molecular flexibility index (Phi) is 73.9. The number of carbonyl (C=O) groups is 18. The molecule has 0 aliphatic carbocycles. The standard InChI is InChI=1S/C93H181N37O20/c1-56-54-130(93(150)129-76(56)133)55-74(131)112-37-11-3-21-58(95)77(134)121-46-30-67(104)86(143)114-39-13-5-23-60(97)79(136)123-48-32-69(106)88(145)116-41-15-7-25-62(99)81(138)125-50-34-71(108)90(147)118-43-17-9-27-64(101)83(140)127-52-36-73(110)92(149)120-45-19-10-28-65(102)84(141)128-53-35-72(109)91(148)119-44-18-8-26-63(100)82(139)126-51-33-70(107)89(146)117-42-16-6-24-61(98)80(137)124-49-31-68(105)87(144)115-40-14-4-22-59(96)78(135)122-47-29-66(103)85(142)113-38-12-2-20-57(94)75(111)132/h54,57-73H,2-53,55,94-110H2,1H3,(H2,111,132)(H,112,131)(H,113,142)(H,114,143)(H,115,144)(H,116,145)(H,117,146)(H,118,147)(H,119,148)(H,120,149)(H,121,134)(H,122,135)(H,123,136)(H,124,137)(H,125,138)(H,126,139)(H,127,140)(H,128,141)(H,129,133,150)/t57-,58-,59+,60-,61+,62-,63+,64-,65+,66-,67-,68+,69-,70+,71-,72+,73+/m0/s1. The van der Waals surface area contributed by atoms with E-state index in [1.54, 1.807) is 0 Å². The quantitative estimate of drug-likeness (QED) is 0.0269. The molecule has 1 rings (SSSR count). The summed E-state index contributed by atoms with van der Waals surface area (Å²) in [4.78, 5) is 250. The zero-order valence-corrected chi connectivity index (χ0v) is 87.4. The summed E-state index contributed by atoms with van der Waals surface area (Å²) in [5.41, 5.74) is 106. The summed E-state index contributed by atoms with van der Waals surface area (Å²) in [6.07, 6.45) is 14.6. The summed E-state index contributed by atoms with van der Waals surface area (Å²) in [6, 6.07) is -14.8. The maximum Gasteiger partial charge on any atom is 0.328 e. The molecule has 150 heavy (non-hydrogen) atoms. The molecule has 1 heterocycles. The first-order chi connectivity index (χ1) is 71.2. The lowest BCUT2D eigenvalue weighted by molar-refractivity contribution is -0.124. The van der Waals surface area contributed by atoms with Crippen LogP contribution in [0.4, 0.5) is 0 Å². The average Bonchev–Trinajstić information content (AvgIpc) is 0.847. The van der Waals surface area contributed by atoms with Crippen molar-refractivity contribution in [2.45, 2.75) is 341 Å². The van der Waals surface area contributed by atoms with Crippen molar-refractivity contribution in [3.63, 3.8) is 0 Å². The second kappa shape index (κ2) is 81.3. The third kappa shape index (κ3) is 64.9. The van der Waals surface area contributed by atoms with Gasteiger partial charge in [0, 0.05) is 123 Å². The van der Waals surface area contributed by atoms with E-state index in [1.807, 2.05) is 0 Å². The van der Waals surface area contributed by atoms with Crippen molar-refractivity contribution in [3.05, 3.63) is 32.6 Å². The average molecular weight is 2140 g/mol. The van der Waals surface area contributed by atoms with E-state index in [0.29, 0.717) is 185 Å². The third-order valence-electron chi connectivity index (χ3n) is 24.5. The van der Waals surface area contributed by atoms with Crippen LogP contribution in [0.2, 0.25) is 0 Å². The van der Waals surface area contributed by atoms with Crippen LogP contribution in [0.15, 0.2) is 15.8 Å². The van der Waals surface area contributed by atoms with Crippen LogP contribution in [-0.4, -0.2) is 330 Å². The molecule has 0 spiro atoms. The first kappa shape index (κ1) is 136. The van der Waals surface area contributed by atoms with Crippen LogP contribution in [0.25, 0.3) is 0 Å². The maximum absolute atomic E-state index is 12.7. The van der Waals surface area contributed by atoms with Crippen molar-refractivity contribution in [2.75, 3.05) is 111 Å². The molecule has 57 nitrogen and oxygen atoms in total. The SMILES string of the molecule is Cc1cn(CC(=O)NCCCC[C@H](N)C(=O)NCC[C@H](N)C(=O)NCCCC[C@H](N)C(=O)NCC[C@H](N)C(=O)NCCCC[C@H](N)C(=O)NCC[C@H](N)C(=O)NCCCC[C@H](N)C(=O)NCC[C@@H](N)C(=O)NCCCC[C@@H](N)C(=O)NCC[C@@H](N)C(=O)NCCCC[C@@H](N)C(=O)NCC[C@@H](N)C(=O)NCCCC[C@@H](N)C(=O)NCC[C@@H](N)C(=O)NCCCC[C@@H](N)C(=O)NCC[C@H](N)C(=O)NCCCC[C@H](N)C(N)=O)c(=O)[nH]c1=O. The van der Waals surface area contributed by atoms with Crippen LogP contribution < -0.4 is 205 Å². The Morgan fingerprint density at radius 2 is 0.340 bits per heavy atom. The van der Waals surface area contributed by atoms with Crippen molar-refractivity contribution in [2.24, 2.45) is 103 Å². The molecule has 0 unspecified atom stereocenters. The van der Waals surface area contributed by atoms with Crippen molar-refractivity contribution >= 4 is 106 Å². The van der Waals surface area contributed by atoms with Crippen LogP contribution in [0.1, 0.15) is 230 Å². The second-order valence-electron chi connectivity index (χ2n) is 37.7. The number of unbranched alkanes of at least 4 members (excludes halogenated alkanes) is 9. The van der Waals surface area contributed by atoms with Crippen molar-refractivity contribution < 1.29 is 86.3 Å². The molecular weight excluding hydrogens is 1960 g/mol. The summed E-state index contributed by atoms with van der Waals surface area (Å²) < 4.78 is 1.10. The lowest BCUT2D eigenvalue weighted by Gasteiger charge is -2.16. The van der Waals surface area contributed by atoms with E-state index < -0.39 is 214 Å². The summed E-state index contributed by atoms with van der Waals surface area (Å²) in [5.74, 6) is -7.82. The normalized spacial score (nSPS) is 14.7. The number of nitrogens with two attached hydrogens (primary N) is 18. The van der Waals surface area contributed by atoms with E-state index in [0.717, 1.165) is 4.57 Å². The van der Waals surface area contributed by atoms with Gasteiger partial charge in [-0.3, -0.25) is 101 Å². The fourth-order valence-electron chi connectivity index (χ4n) is 14.4. The van der Waals surface area contributed by atoms with E-state index in [1.165, 1.54) is 13.1 Å². The van der Waals surface area contributed by atoms with Gasteiger partial charge in [0.05, 0.1) is 103 Å². The number of H-pyrrole nitrogens is 1. The molecule has 0 aliphatic heterocycles.